The molecule has 3 N–H and O–H groups in total. The maximum absolute atomic E-state index is 12.0. The third-order valence-corrected chi connectivity index (χ3v) is 6.88. The lowest BCUT2D eigenvalue weighted by molar-refractivity contribution is -0.130. The standard InChI is InChI=1S/C19H35N5O4S/c1-2-20-19(21-10-6-13-24-12-5-3-4-7-18(24)26)22-11-8-17(25)23-16-9-14-29(27,28)15-16/h16H,2-15H2,1H3,(H,23,25)(H2,20,21,22). The van der Waals surface area contributed by atoms with E-state index < -0.39 is 9.84 Å². The molecule has 10 heteroatoms. The van der Waals surface area contributed by atoms with Gasteiger partial charge in [-0.2, -0.15) is 0 Å². The molecule has 0 aromatic heterocycles. The van der Waals surface area contributed by atoms with E-state index in [4.69, 9.17) is 0 Å². The van der Waals surface area contributed by atoms with E-state index in [2.05, 4.69) is 20.9 Å². The van der Waals surface area contributed by atoms with Crippen LogP contribution in [0.4, 0.5) is 0 Å². The van der Waals surface area contributed by atoms with Gasteiger partial charge < -0.3 is 20.9 Å². The first-order chi connectivity index (χ1) is 13.9. The maximum atomic E-state index is 12.0. The van der Waals surface area contributed by atoms with Crippen LogP contribution in [0.2, 0.25) is 0 Å². The van der Waals surface area contributed by atoms with Gasteiger partial charge in [0, 0.05) is 51.6 Å². The van der Waals surface area contributed by atoms with Gasteiger partial charge in [-0.15, -0.1) is 0 Å². The molecule has 2 aliphatic rings. The molecule has 2 rings (SSSR count). The molecule has 1 unspecified atom stereocenters. The van der Waals surface area contributed by atoms with Crippen molar-refractivity contribution in [3.63, 3.8) is 0 Å². The second kappa shape index (κ2) is 12.0. The van der Waals surface area contributed by atoms with Crippen LogP contribution in [-0.4, -0.2) is 81.4 Å². The van der Waals surface area contributed by atoms with E-state index in [0.29, 0.717) is 38.4 Å². The van der Waals surface area contributed by atoms with Crippen LogP contribution in [0.25, 0.3) is 0 Å². The SMILES string of the molecule is CCNC(=NCCCN1CCCCCC1=O)NCCC(=O)NC1CCS(=O)(=O)C1. The minimum absolute atomic E-state index is 0.0375. The van der Waals surface area contributed by atoms with Crippen molar-refractivity contribution in [2.45, 2.75) is 57.9 Å². The molecule has 2 amide bonds. The van der Waals surface area contributed by atoms with Gasteiger partial charge in [-0.25, -0.2) is 8.42 Å². The zero-order chi connectivity index (χ0) is 21.1. The molecule has 0 saturated carbocycles. The average molecular weight is 430 g/mol. The number of carbonyl (C=O) groups is 2. The van der Waals surface area contributed by atoms with E-state index in [-0.39, 0.29) is 35.8 Å². The van der Waals surface area contributed by atoms with Gasteiger partial charge in [-0.05, 0) is 32.6 Å². The topological polar surface area (TPSA) is 120 Å². The Morgan fingerprint density at radius 3 is 2.79 bits per heavy atom. The Bertz CT molecular complexity index is 680. The fourth-order valence-corrected chi connectivity index (χ4v) is 5.25. The Morgan fingerprint density at radius 1 is 1.24 bits per heavy atom. The maximum Gasteiger partial charge on any atom is 0.222 e. The van der Waals surface area contributed by atoms with E-state index in [9.17, 15) is 18.0 Å². The van der Waals surface area contributed by atoms with Crippen molar-refractivity contribution in [1.29, 1.82) is 0 Å². The van der Waals surface area contributed by atoms with Crippen LogP contribution in [0, 0.1) is 0 Å². The quantitative estimate of drug-likeness (QED) is 0.270. The molecule has 1 atom stereocenters. The fourth-order valence-electron chi connectivity index (χ4n) is 3.57. The highest BCUT2D eigenvalue weighted by Gasteiger charge is 2.28. The Labute approximate surface area is 174 Å². The molecule has 2 fully saturated rings. The molecule has 2 aliphatic heterocycles. The van der Waals surface area contributed by atoms with Crippen LogP contribution in [-0.2, 0) is 19.4 Å². The monoisotopic (exact) mass is 429 g/mol. The van der Waals surface area contributed by atoms with E-state index in [0.717, 1.165) is 38.8 Å². The average Bonchev–Trinajstić information content (AvgIpc) is 2.87. The number of carbonyl (C=O) groups excluding carboxylic acids is 2. The van der Waals surface area contributed by atoms with Gasteiger partial charge in [-0.3, -0.25) is 14.6 Å². The first-order valence-electron chi connectivity index (χ1n) is 10.7. The number of rotatable bonds is 9. The van der Waals surface area contributed by atoms with Crippen molar-refractivity contribution in [2.75, 3.05) is 44.2 Å². The Hall–Kier alpha value is -1.84. The van der Waals surface area contributed by atoms with Gasteiger partial charge in [0.1, 0.15) is 0 Å². The molecule has 0 aromatic carbocycles. The number of hydrogen-bond donors (Lipinski definition) is 3. The fraction of sp³-hybridized carbons (Fsp3) is 0.842. The summed E-state index contributed by atoms with van der Waals surface area (Å²) in [7, 11) is -2.99. The van der Waals surface area contributed by atoms with E-state index in [1.165, 1.54) is 0 Å². The lowest BCUT2D eigenvalue weighted by Gasteiger charge is -2.20. The Kier molecular flexibility index (Phi) is 9.69. The normalized spacial score (nSPS) is 22.2. The largest absolute Gasteiger partial charge is 0.357 e. The first kappa shape index (κ1) is 23.4. The lowest BCUT2D eigenvalue weighted by Crippen LogP contribution is -2.41. The zero-order valence-corrected chi connectivity index (χ0v) is 18.2. The molecule has 9 nitrogen and oxygen atoms in total. The van der Waals surface area contributed by atoms with Crippen molar-refractivity contribution in [3.8, 4) is 0 Å². The molecule has 29 heavy (non-hydrogen) atoms. The van der Waals surface area contributed by atoms with Crippen molar-refractivity contribution in [3.05, 3.63) is 0 Å². The number of likely N-dealkylation sites (tertiary alicyclic amines) is 1. The number of amides is 2. The van der Waals surface area contributed by atoms with Crippen LogP contribution in [0.5, 0.6) is 0 Å². The molecule has 0 aliphatic carbocycles. The second-order valence-corrected chi connectivity index (χ2v) is 9.88. The summed E-state index contributed by atoms with van der Waals surface area (Å²) in [6.07, 6.45) is 5.40. The molecule has 2 heterocycles. The van der Waals surface area contributed by atoms with E-state index in [1.807, 2.05) is 11.8 Å². The van der Waals surface area contributed by atoms with Gasteiger partial charge in [0.15, 0.2) is 15.8 Å². The summed E-state index contributed by atoms with van der Waals surface area (Å²) in [6, 6.07) is -0.267. The number of sulfone groups is 1. The predicted octanol–water partition coefficient (Wildman–Crippen LogP) is 0.0276. The number of hydrogen-bond acceptors (Lipinski definition) is 5. The van der Waals surface area contributed by atoms with Gasteiger partial charge in [0.2, 0.25) is 11.8 Å². The number of nitrogens with one attached hydrogen (secondary N) is 3. The number of aliphatic imine (C=N–C) groups is 1. The molecule has 0 radical (unpaired) electrons. The van der Waals surface area contributed by atoms with Gasteiger partial charge in [0.25, 0.3) is 0 Å². The third kappa shape index (κ3) is 9.01. The first-order valence-corrected chi connectivity index (χ1v) is 12.5. The molecule has 2 saturated heterocycles. The minimum Gasteiger partial charge on any atom is -0.357 e. The van der Waals surface area contributed by atoms with E-state index >= 15 is 0 Å². The summed E-state index contributed by atoms with van der Waals surface area (Å²) in [6.45, 7) is 5.28. The predicted molar refractivity (Wildman–Crippen MR) is 113 cm³/mol. The zero-order valence-electron chi connectivity index (χ0n) is 17.4. The number of guanidine groups is 1. The third-order valence-electron chi connectivity index (χ3n) is 5.11. The summed E-state index contributed by atoms with van der Waals surface area (Å²) in [5, 5.41) is 9.06. The van der Waals surface area contributed by atoms with Crippen LogP contribution in [0.1, 0.15) is 51.9 Å². The smallest absolute Gasteiger partial charge is 0.222 e. The van der Waals surface area contributed by atoms with Crippen molar-refractivity contribution >= 4 is 27.6 Å². The summed E-state index contributed by atoms with van der Waals surface area (Å²) >= 11 is 0. The molecule has 0 aromatic rings. The highest BCUT2D eigenvalue weighted by molar-refractivity contribution is 7.91. The molecule has 0 spiro atoms. The van der Waals surface area contributed by atoms with E-state index in [1.54, 1.807) is 0 Å². The molecular weight excluding hydrogens is 394 g/mol. The Balaban J connectivity index is 1.66. The van der Waals surface area contributed by atoms with Gasteiger partial charge in [-0.1, -0.05) is 6.42 Å². The highest BCUT2D eigenvalue weighted by atomic mass is 32.2. The van der Waals surface area contributed by atoms with Gasteiger partial charge in [0.05, 0.1) is 11.5 Å². The van der Waals surface area contributed by atoms with Crippen molar-refractivity contribution in [2.24, 2.45) is 4.99 Å². The van der Waals surface area contributed by atoms with Crippen molar-refractivity contribution in [1.82, 2.24) is 20.9 Å². The van der Waals surface area contributed by atoms with Crippen LogP contribution in [0.15, 0.2) is 4.99 Å². The number of nitrogens with zero attached hydrogens (tertiary/aromatic N) is 2. The Morgan fingerprint density at radius 2 is 2.07 bits per heavy atom. The lowest BCUT2D eigenvalue weighted by atomic mass is 10.2. The summed E-state index contributed by atoms with van der Waals surface area (Å²) in [5.41, 5.74) is 0. The van der Waals surface area contributed by atoms with Crippen molar-refractivity contribution < 1.29 is 18.0 Å². The summed E-state index contributed by atoms with van der Waals surface area (Å²) in [5.74, 6) is 0.922. The molecular formula is C19H35N5O4S. The summed E-state index contributed by atoms with van der Waals surface area (Å²) in [4.78, 5) is 30.5. The van der Waals surface area contributed by atoms with Crippen LogP contribution < -0.4 is 16.0 Å². The second-order valence-electron chi connectivity index (χ2n) is 7.65. The van der Waals surface area contributed by atoms with Crippen LogP contribution >= 0.6 is 0 Å². The minimum atomic E-state index is -2.99. The van der Waals surface area contributed by atoms with Crippen LogP contribution in [0.3, 0.4) is 0 Å². The highest BCUT2D eigenvalue weighted by Crippen LogP contribution is 2.12. The molecule has 0 bridgehead atoms. The van der Waals surface area contributed by atoms with Gasteiger partial charge >= 0.3 is 0 Å². The summed E-state index contributed by atoms with van der Waals surface area (Å²) < 4.78 is 22.9. The molecule has 166 valence electrons.